The van der Waals surface area contributed by atoms with Crippen molar-refractivity contribution in [2.45, 2.75) is 32.2 Å². The van der Waals surface area contributed by atoms with Crippen molar-refractivity contribution in [3.8, 4) is 12.3 Å². The minimum absolute atomic E-state index is 0.610. The molecule has 0 amide bonds. The zero-order chi connectivity index (χ0) is 10.4. The van der Waals surface area contributed by atoms with E-state index in [0.717, 1.165) is 19.0 Å². The third-order valence-corrected chi connectivity index (χ3v) is 2.92. The number of nitrogens with zero attached hydrogens (tertiary/aromatic N) is 1. The Labute approximate surface area is 88.1 Å². The van der Waals surface area contributed by atoms with Gasteiger partial charge in [-0.1, -0.05) is 5.92 Å². The topological polar surface area (TPSA) is 15.3 Å². The van der Waals surface area contributed by atoms with E-state index in [2.05, 4.69) is 23.1 Å². The van der Waals surface area contributed by atoms with E-state index in [1.165, 1.54) is 25.8 Å². The van der Waals surface area contributed by atoms with E-state index in [4.69, 9.17) is 6.42 Å². The number of nitrogens with one attached hydrogen (secondary N) is 1. The van der Waals surface area contributed by atoms with Crippen molar-refractivity contribution in [3.63, 3.8) is 0 Å². The lowest BCUT2D eigenvalue weighted by molar-refractivity contribution is 0.215. The summed E-state index contributed by atoms with van der Waals surface area (Å²) in [5.74, 6) is 3.69. The summed E-state index contributed by atoms with van der Waals surface area (Å²) >= 11 is 0. The van der Waals surface area contributed by atoms with Crippen molar-refractivity contribution in [1.29, 1.82) is 0 Å². The molecule has 0 spiro atoms. The van der Waals surface area contributed by atoms with E-state index >= 15 is 0 Å². The molecule has 0 aromatic rings. The van der Waals surface area contributed by atoms with Crippen molar-refractivity contribution in [3.05, 3.63) is 0 Å². The molecular weight excluding hydrogens is 172 g/mol. The monoisotopic (exact) mass is 194 g/mol. The number of hydrogen-bond donors (Lipinski definition) is 1. The fourth-order valence-corrected chi connectivity index (χ4v) is 1.69. The molecule has 2 heteroatoms. The molecule has 0 radical (unpaired) electrons. The molecule has 0 aromatic heterocycles. The zero-order valence-electron chi connectivity index (χ0n) is 9.42. The second kappa shape index (κ2) is 6.06. The van der Waals surface area contributed by atoms with Crippen LogP contribution >= 0.6 is 0 Å². The van der Waals surface area contributed by atoms with Crippen molar-refractivity contribution in [1.82, 2.24) is 10.2 Å². The maximum absolute atomic E-state index is 5.38. The molecule has 14 heavy (non-hydrogen) atoms. The first-order valence-corrected chi connectivity index (χ1v) is 5.60. The number of hydrogen-bond acceptors (Lipinski definition) is 2. The fraction of sp³-hybridized carbons (Fsp3) is 0.833. The molecule has 0 saturated heterocycles. The highest BCUT2D eigenvalue weighted by atomic mass is 15.2. The molecular formula is C12H22N2. The van der Waals surface area contributed by atoms with Crippen LogP contribution in [0.1, 0.15) is 26.2 Å². The van der Waals surface area contributed by atoms with Crippen LogP contribution in [0.2, 0.25) is 0 Å². The Morgan fingerprint density at radius 3 is 2.79 bits per heavy atom. The quantitative estimate of drug-likeness (QED) is 0.615. The second-order valence-corrected chi connectivity index (χ2v) is 4.32. The van der Waals surface area contributed by atoms with Gasteiger partial charge in [0.15, 0.2) is 0 Å². The van der Waals surface area contributed by atoms with Gasteiger partial charge in [0.05, 0.1) is 6.54 Å². The molecule has 0 bridgehead atoms. The summed E-state index contributed by atoms with van der Waals surface area (Å²) in [5.41, 5.74) is 0. The molecule has 2 nitrogen and oxygen atoms in total. The standard InChI is InChI=1S/C12H22N2/c1-4-9-14(10-12-5-6-12)11(2)7-8-13-3/h1,11-13H,5-10H2,2-3H3. The Hall–Kier alpha value is -0.520. The van der Waals surface area contributed by atoms with Crippen molar-refractivity contribution < 1.29 is 0 Å². The van der Waals surface area contributed by atoms with Crippen LogP contribution in [0.25, 0.3) is 0 Å². The molecule has 1 aliphatic carbocycles. The second-order valence-electron chi connectivity index (χ2n) is 4.32. The highest BCUT2D eigenvalue weighted by Gasteiger charge is 2.25. The first kappa shape index (κ1) is 11.6. The summed E-state index contributed by atoms with van der Waals surface area (Å²) in [4.78, 5) is 2.44. The average Bonchev–Trinajstić information content (AvgIpc) is 2.97. The van der Waals surface area contributed by atoms with E-state index in [9.17, 15) is 0 Å². The number of rotatable bonds is 7. The summed E-state index contributed by atoms with van der Waals surface area (Å²) in [6, 6.07) is 0.610. The van der Waals surface area contributed by atoms with E-state index in [-0.39, 0.29) is 0 Å². The van der Waals surface area contributed by atoms with E-state index < -0.39 is 0 Å². The lowest BCUT2D eigenvalue weighted by atomic mass is 10.2. The van der Waals surface area contributed by atoms with Gasteiger partial charge in [-0.15, -0.1) is 6.42 Å². The van der Waals surface area contributed by atoms with E-state index in [0.29, 0.717) is 6.04 Å². The van der Waals surface area contributed by atoms with Gasteiger partial charge in [0.2, 0.25) is 0 Å². The summed E-state index contributed by atoms with van der Waals surface area (Å²) in [5, 5.41) is 3.19. The molecule has 1 rings (SSSR count). The highest BCUT2D eigenvalue weighted by Crippen LogP contribution is 2.30. The molecule has 0 heterocycles. The predicted molar refractivity (Wildman–Crippen MR) is 61.1 cm³/mol. The molecule has 0 aliphatic heterocycles. The van der Waals surface area contributed by atoms with Crippen LogP contribution in [0.15, 0.2) is 0 Å². The van der Waals surface area contributed by atoms with Gasteiger partial charge in [-0.25, -0.2) is 0 Å². The molecule has 1 fully saturated rings. The SMILES string of the molecule is C#CCN(CC1CC1)C(C)CCNC. The molecule has 1 atom stereocenters. The van der Waals surface area contributed by atoms with Crippen molar-refractivity contribution >= 4 is 0 Å². The predicted octanol–water partition coefficient (Wildman–Crippen LogP) is 1.33. The lowest BCUT2D eigenvalue weighted by Gasteiger charge is -2.27. The molecule has 1 unspecified atom stereocenters. The Bertz CT molecular complexity index is 191. The van der Waals surface area contributed by atoms with Crippen LogP contribution in [-0.4, -0.2) is 37.6 Å². The van der Waals surface area contributed by atoms with Crippen LogP contribution in [0.5, 0.6) is 0 Å². The van der Waals surface area contributed by atoms with Crippen LogP contribution in [0.3, 0.4) is 0 Å². The lowest BCUT2D eigenvalue weighted by Crippen LogP contribution is -2.36. The highest BCUT2D eigenvalue weighted by molar-refractivity contribution is 4.91. The summed E-state index contributed by atoms with van der Waals surface area (Å²) in [7, 11) is 2.00. The third kappa shape index (κ3) is 4.13. The van der Waals surface area contributed by atoms with E-state index in [1.807, 2.05) is 7.05 Å². The van der Waals surface area contributed by atoms with E-state index in [1.54, 1.807) is 0 Å². The maximum Gasteiger partial charge on any atom is 0.0601 e. The summed E-state index contributed by atoms with van der Waals surface area (Å²) in [6.45, 7) is 5.36. The molecule has 80 valence electrons. The van der Waals surface area contributed by atoms with Crippen molar-refractivity contribution in [2.75, 3.05) is 26.7 Å². The summed E-state index contributed by atoms with van der Waals surface area (Å²) < 4.78 is 0. The van der Waals surface area contributed by atoms with Crippen LogP contribution in [0, 0.1) is 18.3 Å². The fourth-order valence-electron chi connectivity index (χ4n) is 1.69. The Morgan fingerprint density at radius 2 is 2.29 bits per heavy atom. The van der Waals surface area contributed by atoms with Crippen LogP contribution in [-0.2, 0) is 0 Å². The van der Waals surface area contributed by atoms with Crippen LogP contribution < -0.4 is 5.32 Å². The van der Waals surface area contributed by atoms with Gasteiger partial charge < -0.3 is 5.32 Å². The Morgan fingerprint density at radius 1 is 1.57 bits per heavy atom. The van der Waals surface area contributed by atoms with Gasteiger partial charge >= 0.3 is 0 Å². The minimum atomic E-state index is 0.610. The van der Waals surface area contributed by atoms with Gasteiger partial charge in [0.1, 0.15) is 0 Å². The van der Waals surface area contributed by atoms with Crippen LogP contribution in [0.4, 0.5) is 0 Å². The molecule has 1 N–H and O–H groups in total. The molecule has 1 aliphatic rings. The first-order valence-electron chi connectivity index (χ1n) is 5.60. The largest absolute Gasteiger partial charge is 0.320 e. The van der Waals surface area contributed by atoms with Gasteiger partial charge in [-0.05, 0) is 45.7 Å². The molecule has 1 saturated carbocycles. The zero-order valence-corrected chi connectivity index (χ0v) is 9.42. The van der Waals surface area contributed by atoms with Gasteiger partial charge in [-0.3, -0.25) is 4.90 Å². The van der Waals surface area contributed by atoms with Gasteiger partial charge in [-0.2, -0.15) is 0 Å². The molecule has 0 aromatic carbocycles. The smallest absolute Gasteiger partial charge is 0.0601 e. The summed E-state index contributed by atoms with van der Waals surface area (Å²) in [6.07, 6.45) is 9.38. The average molecular weight is 194 g/mol. The van der Waals surface area contributed by atoms with Gasteiger partial charge in [0.25, 0.3) is 0 Å². The van der Waals surface area contributed by atoms with Crippen molar-refractivity contribution in [2.24, 2.45) is 5.92 Å². The maximum atomic E-state index is 5.38. The third-order valence-electron chi connectivity index (χ3n) is 2.92. The first-order chi connectivity index (χ1) is 6.77. The minimum Gasteiger partial charge on any atom is -0.320 e. The Balaban J connectivity index is 2.27. The number of terminal acetylenes is 1. The van der Waals surface area contributed by atoms with Gasteiger partial charge in [0, 0.05) is 12.6 Å². The normalized spacial score (nSPS) is 18.1. The Kier molecular flexibility index (Phi) is 5.00.